The van der Waals surface area contributed by atoms with E-state index in [1.54, 1.807) is 37.3 Å². The molecular formula is C15H20N2O3S. The molecule has 0 saturated carbocycles. The van der Waals surface area contributed by atoms with Gasteiger partial charge < -0.3 is 19.9 Å². The molecule has 0 aliphatic heterocycles. The minimum absolute atomic E-state index is 0.0726. The van der Waals surface area contributed by atoms with Gasteiger partial charge in [0.15, 0.2) is 11.5 Å². The number of nitrogens with two attached hydrogens (primary N) is 1. The number of ether oxygens (including phenoxy) is 3. The van der Waals surface area contributed by atoms with Crippen molar-refractivity contribution in [2.45, 2.75) is 26.0 Å². The fraction of sp³-hybridized carbons (Fsp3) is 0.400. The van der Waals surface area contributed by atoms with Gasteiger partial charge in [-0.3, -0.25) is 4.98 Å². The van der Waals surface area contributed by atoms with Crippen LogP contribution in [0.2, 0.25) is 0 Å². The second-order valence-electron chi connectivity index (χ2n) is 4.77. The number of hydrogen-bond donors (Lipinski definition) is 1. The summed E-state index contributed by atoms with van der Waals surface area (Å²) in [5, 5.41) is 0. The van der Waals surface area contributed by atoms with Crippen LogP contribution in [0.3, 0.4) is 0 Å². The maximum Gasteiger partial charge on any atom is 0.203 e. The Bertz CT molecular complexity index is 545. The second-order valence-corrected chi connectivity index (χ2v) is 5.74. The monoisotopic (exact) mass is 308 g/mol. The van der Waals surface area contributed by atoms with Crippen LogP contribution in [0.5, 0.6) is 17.2 Å². The lowest BCUT2D eigenvalue weighted by molar-refractivity contribution is 0.267. The SMILES string of the molecule is COc1cc(CC(C)N)cc(OC)c1OCc1cncs1. The topological polar surface area (TPSA) is 66.6 Å². The van der Waals surface area contributed by atoms with Crippen molar-refractivity contribution in [3.63, 3.8) is 0 Å². The first-order chi connectivity index (χ1) is 10.1. The summed E-state index contributed by atoms with van der Waals surface area (Å²) in [7, 11) is 3.23. The molecule has 0 fully saturated rings. The zero-order valence-electron chi connectivity index (χ0n) is 12.5. The molecule has 21 heavy (non-hydrogen) atoms. The van der Waals surface area contributed by atoms with Gasteiger partial charge in [0.05, 0.1) is 24.6 Å². The third kappa shape index (κ3) is 4.09. The Labute approximate surface area is 128 Å². The van der Waals surface area contributed by atoms with E-state index in [-0.39, 0.29) is 6.04 Å². The molecule has 1 aromatic carbocycles. The number of nitrogens with zero attached hydrogens (tertiary/aromatic N) is 1. The van der Waals surface area contributed by atoms with Crippen LogP contribution in [0.15, 0.2) is 23.8 Å². The van der Waals surface area contributed by atoms with Crippen molar-refractivity contribution < 1.29 is 14.2 Å². The van der Waals surface area contributed by atoms with Gasteiger partial charge in [-0.25, -0.2) is 0 Å². The van der Waals surface area contributed by atoms with Crippen LogP contribution in [0.1, 0.15) is 17.4 Å². The van der Waals surface area contributed by atoms with Crippen LogP contribution in [0.4, 0.5) is 0 Å². The molecule has 1 unspecified atom stereocenters. The van der Waals surface area contributed by atoms with E-state index in [2.05, 4.69) is 4.98 Å². The van der Waals surface area contributed by atoms with Gasteiger partial charge >= 0.3 is 0 Å². The Morgan fingerprint density at radius 3 is 2.38 bits per heavy atom. The average molecular weight is 308 g/mol. The van der Waals surface area contributed by atoms with Crippen molar-refractivity contribution in [2.24, 2.45) is 5.73 Å². The highest BCUT2D eigenvalue weighted by molar-refractivity contribution is 7.09. The summed E-state index contributed by atoms with van der Waals surface area (Å²) >= 11 is 1.55. The Balaban J connectivity index is 2.25. The number of thiazole rings is 1. The first kappa shape index (κ1) is 15.6. The molecule has 0 saturated heterocycles. The molecule has 1 aromatic heterocycles. The Hall–Kier alpha value is -1.79. The lowest BCUT2D eigenvalue weighted by Gasteiger charge is -2.16. The summed E-state index contributed by atoms with van der Waals surface area (Å²) in [5.41, 5.74) is 8.69. The summed E-state index contributed by atoms with van der Waals surface area (Å²) < 4.78 is 16.7. The van der Waals surface area contributed by atoms with E-state index in [1.165, 1.54) is 0 Å². The van der Waals surface area contributed by atoms with Gasteiger partial charge in [0.1, 0.15) is 6.61 Å². The molecule has 6 heteroatoms. The normalized spacial score (nSPS) is 12.0. The summed E-state index contributed by atoms with van der Waals surface area (Å²) in [5.74, 6) is 1.89. The fourth-order valence-electron chi connectivity index (χ4n) is 2.02. The van der Waals surface area contributed by atoms with Gasteiger partial charge in [-0.2, -0.15) is 0 Å². The highest BCUT2D eigenvalue weighted by Crippen LogP contribution is 2.39. The molecule has 0 spiro atoms. The molecule has 0 aliphatic carbocycles. The van der Waals surface area contributed by atoms with E-state index < -0.39 is 0 Å². The third-order valence-electron chi connectivity index (χ3n) is 2.92. The molecule has 0 amide bonds. The van der Waals surface area contributed by atoms with Crippen LogP contribution in [-0.2, 0) is 13.0 Å². The van der Waals surface area contributed by atoms with Crippen molar-refractivity contribution in [3.8, 4) is 17.2 Å². The van der Waals surface area contributed by atoms with Crippen molar-refractivity contribution >= 4 is 11.3 Å². The van der Waals surface area contributed by atoms with Gasteiger partial charge in [-0.1, -0.05) is 0 Å². The summed E-state index contributed by atoms with van der Waals surface area (Å²) in [6.07, 6.45) is 2.54. The first-order valence-corrected chi connectivity index (χ1v) is 7.52. The number of benzene rings is 1. The summed E-state index contributed by atoms with van der Waals surface area (Å²) in [6.45, 7) is 2.40. The Kier molecular flexibility index (Phi) is 5.41. The number of aromatic nitrogens is 1. The number of methoxy groups -OCH3 is 2. The zero-order valence-corrected chi connectivity index (χ0v) is 13.3. The molecule has 2 rings (SSSR count). The third-order valence-corrected chi connectivity index (χ3v) is 3.67. The molecule has 0 radical (unpaired) electrons. The van der Waals surface area contributed by atoms with E-state index in [9.17, 15) is 0 Å². The lowest BCUT2D eigenvalue weighted by atomic mass is 10.1. The summed E-state index contributed by atoms with van der Waals surface area (Å²) in [6, 6.07) is 3.95. The lowest BCUT2D eigenvalue weighted by Crippen LogP contribution is -2.17. The van der Waals surface area contributed by atoms with Crippen LogP contribution in [0, 0.1) is 0 Å². The molecule has 2 aromatic rings. The van der Waals surface area contributed by atoms with E-state index >= 15 is 0 Å². The first-order valence-electron chi connectivity index (χ1n) is 6.64. The van der Waals surface area contributed by atoms with Crippen molar-refractivity contribution in [1.29, 1.82) is 0 Å². The highest BCUT2D eigenvalue weighted by atomic mass is 32.1. The molecule has 1 atom stereocenters. The maximum absolute atomic E-state index is 5.85. The van der Waals surface area contributed by atoms with Crippen LogP contribution in [0.25, 0.3) is 0 Å². The average Bonchev–Trinajstić information content (AvgIpc) is 2.97. The molecule has 0 aliphatic rings. The molecule has 5 nitrogen and oxygen atoms in total. The van der Waals surface area contributed by atoms with Crippen molar-refractivity contribution in [1.82, 2.24) is 4.98 Å². The molecule has 114 valence electrons. The Morgan fingerprint density at radius 1 is 1.24 bits per heavy atom. The Morgan fingerprint density at radius 2 is 1.90 bits per heavy atom. The van der Waals surface area contributed by atoms with Crippen molar-refractivity contribution in [2.75, 3.05) is 14.2 Å². The minimum Gasteiger partial charge on any atom is -0.493 e. The molecular weight excluding hydrogens is 288 g/mol. The predicted molar refractivity (Wildman–Crippen MR) is 83.3 cm³/mol. The smallest absolute Gasteiger partial charge is 0.203 e. The van der Waals surface area contributed by atoms with Gasteiger partial charge in [-0.05, 0) is 31.0 Å². The van der Waals surface area contributed by atoms with Gasteiger partial charge in [0, 0.05) is 12.2 Å². The quantitative estimate of drug-likeness (QED) is 0.851. The van der Waals surface area contributed by atoms with Gasteiger partial charge in [-0.15, -0.1) is 11.3 Å². The van der Waals surface area contributed by atoms with E-state index in [0.29, 0.717) is 23.9 Å². The number of hydrogen-bond acceptors (Lipinski definition) is 6. The predicted octanol–water partition coefficient (Wildman–Crippen LogP) is 2.63. The molecule has 2 N–H and O–H groups in total. The largest absolute Gasteiger partial charge is 0.493 e. The van der Waals surface area contributed by atoms with Gasteiger partial charge in [0.25, 0.3) is 0 Å². The second kappa shape index (κ2) is 7.28. The van der Waals surface area contributed by atoms with Crippen LogP contribution < -0.4 is 19.9 Å². The molecule has 1 heterocycles. The van der Waals surface area contributed by atoms with Crippen LogP contribution in [-0.4, -0.2) is 25.2 Å². The van der Waals surface area contributed by atoms with Gasteiger partial charge in [0.2, 0.25) is 5.75 Å². The standard InChI is InChI=1S/C15H20N2O3S/c1-10(16)4-11-5-13(18-2)15(14(6-11)19-3)20-8-12-7-17-9-21-12/h5-7,9-10H,4,8,16H2,1-3H3. The maximum atomic E-state index is 5.85. The van der Waals surface area contributed by atoms with Crippen LogP contribution >= 0.6 is 11.3 Å². The highest BCUT2D eigenvalue weighted by Gasteiger charge is 2.15. The minimum atomic E-state index is 0.0726. The fourth-order valence-corrected chi connectivity index (χ4v) is 2.53. The number of rotatable bonds is 7. The zero-order chi connectivity index (χ0) is 15.2. The van der Waals surface area contributed by atoms with E-state index in [4.69, 9.17) is 19.9 Å². The summed E-state index contributed by atoms with van der Waals surface area (Å²) in [4.78, 5) is 5.07. The van der Waals surface area contributed by atoms with E-state index in [1.807, 2.05) is 19.1 Å². The molecule has 0 bridgehead atoms. The van der Waals surface area contributed by atoms with Crippen molar-refractivity contribution in [3.05, 3.63) is 34.3 Å². The van der Waals surface area contributed by atoms with E-state index in [0.717, 1.165) is 16.9 Å².